The van der Waals surface area contributed by atoms with Gasteiger partial charge < -0.3 is 9.80 Å². The quantitative estimate of drug-likeness (QED) is 0.431. The molecule has 1 aromatic heterocycles. The van der Waals surface area contributed by atoms with E-state index in [0.717, 1.165) is 48.9 Å². The van der Waals surface area contributed by atoms with Crippen LogP contribution in [-0.4, -0.2) is 98.4 Å². The van der Waals surface area contributed by atoms with Gasteiger partial charge in [-0.15, -0.1) is 0 Å². The number of rotatable bonds is 7. The summed E-state index contributed by atoms with van der Waals surface area (Å²) < 4.78 is 28.0. The molecule has 0 saturated carbocycles. The van der Waals surface area contributed by atoms with Crippen LogP contribution in [0.3, 0.4) is 0 Å². The van der Waals surface area contributed by atoms with Crippen molar-refractivity contribution in [3.63, 3.8) is 0 Å². The first-order valence-electron chi connectivity index (χ1n) is 13.2. The number of nitrogens with zero attached hydrogens (tertiary/aromatic N) is 6. The molecule has 5 rings (SSSR count). The summed E-state index contributed by atoms with van der Waals surface area (Å²) in [5.74, 6) is -0.204. The molecule has 208 valence electrons. The molecule has 11 heteroatoms. The Labute approximate surface area is 235 Å². The van der Waals surface area contributed by atoms with Crippen LogP contribution in [0, 0.1) is 0 Å². The number of fused-ring (bicyclic) bond motifs is 1. The van der Waals surface area contributed by atoms with Gasteiger partial charge in [0.2, 0.25) is 10.0 Å². The van der Waals surface area contributed by atoms with E-state index < -0.39 is 10.0 Å². The molecule has 2 aliphatic rings. The Morgan fingerprint density at radius 3 is 2.38 bits per heavy atom. The minimum atomic E-state index is -3.80. The Bertz CT molecular complexity index is 1460. The number of halogens is 1. The molecule has 39 heavy (non-hydrogen) atoms. The second kappa shape index (κ2) is 11.4. The summed E-state index contributed by atoms with van der Waals surface area (Å²) in [5.41, 5.74) is 2.22. The van der Waals surface area contributed by atoms with Gasteiger partial charge in [-0.25, -0.2) is 13.4 Å². The predicted molar refractivity (Wildman–Crippen MR) is 154 cm³/mol. The molecule has 0 atom stereocenters. The molecule has 0 bridgehead atoms. The Balaban J connectivity index is 1.19. The van der Waals surface area contributed by atoms with E-state index in [1.54, 1.807) is 41.4 Å². The first kappa shape index (κ1) is 27.8. The summed E-state index contributed by atoms with van der Waals surface area (Å²) in [6.07, 6.45) is 3.69. The van der Waals surface area contributed by atoms with Crippen LogP contribution in [0.25, 0.3) is 10.8 Å². The lowest BCUT2D eigenvalue weighted by Gasteiger charge is -2.45. The third-order valence-corrected chi connectivity index (χ3v) is 9.67. The standard InChI is InChI=1S/C28H35ClN6O3S/c1-31(2)19-24-18-26(8-11-30-24)33-12-9-25(10-13-33)32(3)35-15-14-34(20-28(35)36)39(37,38)27-7-5-21-16-23(29)6-4-22(21)17-27/h4-8,11,16-18,25H,9-10,12-15,19-20H2,1-3H3. The number of anilines is 1. The maximum atomic E-state index is 13.4. The highest BCUT2D eigenvalue weighted by Gasteiger charge is 2.36. The number of hydrogen-bond acceptors (Lipinski definition) is 7. The summed E-state index contributed by atoms with van der Waals surface area (Å²) in [5, 5.41) is 6.00. The van der Waals surface area contributed by atoms with Crippen LogP contribution >= 0.6 is 11.6 Å². The third kappa shape index (κ3) is 6.05. The lowest BCUT2D eigenvalue weighted by Crippen LogP contribution is -2.60. The highest BCUT2D eigenvalue weighted by atomic mass is 35.5. The zero-order chi connectivity index (χ0) is 27.7. The second-order valence-electron chi connectivity index (χ2n) is 10.5. The fraction of sp³-hybridized carbons (Fsp3) is 0.429. The molecule has 2 aliphatic heterocycles. The summed E-state index contributed by atoms with van der Waals surface area (Å²) in [4.78, 5) is 22.3. The summed E-state index contributed by atoms with van der Waals surface area (Å²) >= 11 is 6.06. The zero-order valence-corrected chi connectivity index (χ0v) is 24.2. The number of sulfonamides is 1. The number of piperazine rings is 1. The van der Waals surface area contributed by atoms with E-state index in [1.165, 1.54) is 9.99 Å². The van der Waals surface area contributed by atoms with Crippen LogP contribution in [0.15, 0.2) is 59.6 Å². The van der Waals surface area contributed by atoms with Gasteiger partial charge in [0.1, 0.15) is 0 Å². The Hall–Kier alpha value is -2.76. The van der Waals surface area contributed by atoms with E-state index >= 15 is 0 Å². The number of hydrogen-bond donors (Lipinski definition) is 0. The Morgan fingerprint density at radius 1 is 0.949 bits per heavy atom. The fourth-order valence-electron chi connectivity index (χ4n) is 5.45. The van der Waals surface area contributed by atoms with Gasteiger partial charge in [-0.2, -0.15) is 4.31 Å². The van der Waals surface area contributed by atoms with Crippen LogP contribution in [0.1, 0.15) is 18.5 Å². The van der Waals surface area contributed by atoms with Crippen LogP contribution < -0.4 is 4.90 Å². The highest BCUT2D eigenvalue weighted by molar-refractivity contribution is 7.89. The van der Waals surface area contributed by atoms with Crippen molar-refractivity contribution in [3.8, 4) is 0 Å². The van der Waals surface area contributed by atoms with Crippen molar-refractivity contribution in [1.82, 2.24) is 24.2 Å². The van der Waals surface area contributed by atoms with Gasteiger partial charge in [-0.1, -0.05) is 23.7 Å². The summed E-state index contributed by atoms with van der Waals surface area (Å²) in [7, 11) is 2.21. The highest BCUT2D eigenvalue weighted by Crippen LogP contribution is 2.27. The van der Waals surface area contributed by atoms with E-state index in [4.69, 9.17) is 11.6 Å². The molecule has 3 aromatic rings. The number of hydrazine groups is 1. The molecule has 0 aliphatic carbocycles. The molecule has 2 saturated heterocycles. The number of amides is 1. The number of carbonyl (C=O) groups excluding carboxylic acids is 1. The molecule has 0 unspecified atom stereocenters. The van der Waals surface area contributed by atoms with Crippen molar-refractivity contribution in [2.45, 2.75) is 30.3 Å². The van der Waals surface area contributed by atoms with Crippen LogP contribution in [0.2, 0.25) is 5.02 Å². The van der Waals surface area contributed by atoms with Crippen LogP contribution in [0.5, 0.6) is 0 Å². The average molecular weight is 571 g/mol. The molecule has 2 fully saturated rings. The van der Waals surface area contributed by atoms with E-state index in [1.807, 2.05) is 32.3 Å². The van der Waals surface area contributed by atoms with Gasteiger partial charge in [0.25, 0.3) is 5.91 Å². The van der Waals surface area contributed by atoms with Gasteiger partial charge in [-0.3, -0.25) is 14.8 Å². The van der Waals surface area contributed by atoms with E-state index in [0.29, 0.717) is 11.6 Å². The van der Waals surface area contributed by atoms with E-state index in [-0.39, 0.29) is 29.9 Å². The van der Waals surface area contributed by atoms with Gasteiger partial charge in [0.15, 0.2) is 0 Å². The van der Waals surface area contributed by atoms with Gasteiger partial charge in [0.05, 0.1) is 23.7 Å². The summed E-state index contributed by atoms with van der Waals surface area (Å²) in [6, 6.07) is 14.7. The Kier molecular flexibility index (Phi) is 8.11. The molecular formula is C28H35ClN6O3S. The normalized spacial score (nSPS) is 18.1. The maximum Gasteiger partial charge on any atom is 0.252 e. The van der Waals surface area contributed by atoms with Crippen molar-refractivity contribution >= 4 is 44.0 Å². The Morgan fingerprint density at radius 2 is 1.67 bits per heavy atom. The van der Waals surface area contributed by atoms with Crippen LogP contribution in [0.4, 0.5) is 5.69 Å². The molecule has 2 aromatic carbocycles. The molecule has 1 amide bonds. The minimum Gasteiger partial charge on any atom is -0.371 e. The number of carbonyl (C=O) groups is 1. The number of benzene rings is 2. The SMILES string of the molecule is CN(C)Cc1cc(N2CCC(N(C)N3CCN(S(=O)(=O)c4ccc5cc(Cl)ccc5c4)CC3=O)CC2)ccn1. The van der Waals surface area contributed by atoms with Crippen molar-refractivity contribution in [3.05, 3.63) is 65.4 Å². The fourth-order valence-corrected chi connectivity index (χ4v) is 7.05. The smallest absolute Gasteiger partial charge is 0.252 e. The topological polar surface area (TPSA) is 80.3 Å². The molecule has 9 nitrogen and oxygen atoms in total. The number of piperidine rings is 1. The van der Waals surface area contributed by atoms with E-state index in [9.17, 15) is 13.2 Å². The molecule has 3 heterocycles. The van der Waals surface area contributed by atoms with Crippen molar-refractivity contribution < 1.29 is 13.2 Å². The third-order valence-electron chi connectivity index (χ3n) is 7.59. The van der Waals surface area contributed by atoms with Crippen molar-refractivity contribution in [1.29, 1.82) is 0 Å². The zero-order valence-electron chi connectivity index (χ0n) is 22.6. The first-order chi connectivity index (χ1) is 18.6. The average Bonchev–Trinajstić information content (AvgIpc) is 2.92. The molecule has 0 N–H and O–H groups in total. The lowest BCUT2D eigenvalue weighted by molar-refractivity contribution is -0.156. The van der Waals surface area contributed by atoms with Gasteiger partial charge in [-0.05, 0) is 74.1 Å². The largest absolute Gasteiger partial charge is 0.371 e. The number of pyridine rings is 1. The first-order valence-corrected chi connectivity index (χ1v) is 15.0. The second-order valence-corrected chi connectivity index (χ2v) is 12.9. The predicted octanol–water partition coefficient (Wildman–Crippen LogP) is 3.30. The van der Waals surface area contributed by atoms with Gasteiger partial charge in [0, 0.05) is 56.2 Å². The minimum absolute atomic E-state index is 0.171. The van der Waals surface area contributed by atoms with Crippen molar-refractivity contribution in [2.24, 2.45) is 0 Å². The monoisotopic (exact) mass is 570 g/mol. The van der Waals surface area contributed by atoms with Crippen molar-refractivity contribution in [2.75, 3.05) is 58.8 Å². The van der Waals surface area contributed by atoms with Gasteiger partial charge >= 0.3 is 0 Å². The number of aromatic nitrogens is 1. The molecule has 0 radical (unpaired) electrons. The molecule has 0 spiro atoms. The van der Waals surface area contributed by atoms with Crippen LogP contribution in [-0.2, 0) is 21.4 Å². The van der Waals surface area contributed by atoms with E-state index in [2.05, 4.69) is 26.9 Å². The maximum absolute atomic E-state index is 13.4. The summed E-state index contributed by atoms with van der Waals surface area (Å²) in [6.45, 7) is 2.98. The molecular weight excluding hydrogens is 536 g/mol. The lowest BCUT2D eigenvalue weighted by atomic mass is 10.0.